The summed E-state index contributed by atoms with van der Waals surface area (Å²) in [7, 11) is 0. The van der Waals surface area contributed by atoms with E-state index in [0.717, 1.165) is 12.6 Å². The fourth-order valence-electron chi connectivity index (χ4n) is 2.80. The minimum absolute atomic E-state index is 0.142. The number of hydrogen-bond donors (Lipinski definition) is 5. The highest BCUT2D eigenvalue weighted by Crippen LogP contribution is 2.25. The molecular formula is C18H19ClFN7O. The van der Waals surface area contributed by atoms with Gasteiger partial charge in [-0.05, 0) is 37.1 Å². The summed E-state index contributed by atoms with van der Waals surface area (Å²) in [6.07, 6.45) is 3.98. The quantitative estimate of drug-likeness (QED) is 0.179. The number of benzene rings is 1. The number of hydroxylamine groups is 1. The van der Waals surface area contributed by atoms with Crippen LogP contribution in [-0.4, -0.2) is 45.1 Å². The van der Waals surface area contributed by atoms with E-state index in [1.807, 2.05) is 0 Å². The molecule has 10 heteroatoms. The SMILES string of the molecule is N=C(c1ccnc2nc(NCCNC3CC3)[nH]c12)N(O)c1ccc(F)c(Cl)c1. The number of rotatable bonds is 7. The number of imidazole rings is 1. The molecule has 0 unspecified atom stereocenters. The van der Waals surface area contributed by atoms with E-state index in [-0.39, 0.29) is 16.5 Å². The Bertz CT molecular complexity index is 1020. The lowest BCUT2D eigenvalue weighted by molar-refractivity contribution is 0.312. The zero-order valence-corrected chi connectivity index (χ0v) is 15.6. The molecule has 1 aliphatic carbocycles. The minimum atomic E-state index is -0.600. The summed E-state index contributed by atoms with van der Waals surface area (Å²) in [6.45, 7) is 1.52. The number of amidine groups is 1. The highest BCUT2D eigenvalue weighted by atomic mass is 35.5. The van der Waals surface area contributed by atoms with Gasteiger partial charge in [-0.15, -0.1) is 0 Å². The Kier molecular flexibility index (Phi) is 5.12. The van der Waals surface area contributed by atoms with Gasteiger partial charge in [0.15, 0.2) is 11.5 Å². The third kappa shape index (κ3) is 3.91. The number of halogens is 2. The van der Waals surface area contributed by atoms with Crippen LogP contribution < -0.4 is 15.7 Å². The van der Waals surface area contributed by atoms with Crippen molar-refractivity contribution in [3.05, 3.63) is 46.9 Å². The van der Waals surface area contributed by atoms with E-state index in [1.165, 1.54) is 31.2 Å². The predicted molar refractivity (Wildman–Crippen MR) is 106 cm³/mol. The van der Waals surface area contributed by atoms with E-state index in [4.69, 9.17) is 17.0 Å². The third-order valence-electron chi connectivity index (χ3n) is 4.43. The first kappa shape index (κ1) is 18.6. The van der Waals surface area contributed by atoms with Crippen LogP contribution in [0.4, 0.5) is 16.0 Å². The molecule has 4 rings (SSSR count). The molecule has 28 heavy (non-hydrogen) atoms. The number of anilines is 2. The Morgan fingerprint density at radius 3 is 2.93 bits per heavy atom. The van der Waals surface area contributed by atoms with Crippen LogP contribution in [0.15, 0.2) is 30.5 Å². The number of nitrogens with zero attached hydrogens (tertiary/aromatic N) is 3. The zero-order valence-electron chi connectivity index (χ0n) is 14.8. The van der Waals surface area contributed by atoms with E-state index in [0.29, 0.717) is 40.3 Å². The van der Waals surface area contributed by atoms with Crippen molar-refractivity contribution in [1.29, 1.82) is 5.41 Å². The molecular weight excluding hydrogens is 385 g/mol. The number of pyridine rings is 1. The fraction of sp³-hybridized carbons (Fsp3) is 0.278. The van der Waals surface area contributed by atoms with Gasteiger partial charge < -0.3 is 15.6 Å². The van der Waals surface area contributed by atoms with E-state index < -0.39 is 5.82 Å². The summed E-state index contributed by atoms with van der Waals surface area (Å²) in [4.78, 5) is 11.7. The van der Waals surface area contributed by atoms with Crippen LogP contribution in [0.1, 0.15) is 18.4 Å². The van der Waals surface area contributed by atoms with Crippen molar-refractivity contribution in [3.63, 3.8) is 0 Å². The fourth-order valence-corrected chi connectivity index (χ4v) is 2.97. The maximum Gasteiger partial charge on any atom is 0.202 e. The van der Waals surface area contributed by atoms with Gasteiger partial charge in [-0.2, -0.15) is 4.98 Å². The van der Waals surface area contributed by atoms with Crippen LogP contribution in [-0.2, 0) is 0 Å². The first-order valence-corrected chi connectivity index (χ1v) is 9.25. The van der Waals surface area contributed by atoms with Crippen molar-refractivity contribution in [2.24, 2.45) is 0 Å². The smallest absolute Gasteiger partial charge is 0.202 e. The molecule has 3 aromatic rings. The lowest BCUT2D eigenvalue weighted by Gasteiger charge is -2.18. The highest BCUT2D eigenvalue weighted by molar-refractivity contribution is 6.31. The van der Waals surface area contributed by atoms with Crippen molar-refractivity contribution in [1.82, 2.24) is 20.3 Å². The standard InChI is InChI=1S/C18H19ClFN7O/c19-13-9-11(3-4-14(13)20)27(28)16(21)12-5-6-23-17-15(12)25-18(26-17)24-8-7-22-10-1-2-10/h3-6,9-10,21-22,28H,1-2,7-8H2,(H2,23,24,25,26). The highest BCUT2D eigenvalue weighted by Gasteiger charge is 2.20. The van der Waals surface area contributed by atoms with Gasteiger partial charge in [-0.1, -0.05) is 11.6 Å². The summed E-state index contributed by atoms with van der Waals surface area (Å²) >= 11 is 5.77. The Morgan fingerprint density at radius 1 is 1.36 bits per heavy atom. The third-order valence-corrected chi connectivity index (χ3v) is 4.72. The van der Waals surface area contributed by atoms with E-state index in [9.17, 15) is 9.60 Å². The number of aromatic amines is 1. The summed E-state index contributed by atoms with van der Waals surface area (Å²) in [5.41, 5.74) is 1.50. The molecule has 0 aliphatic heterocycles. The molecule has 0 saturated heterocycles. The molecule has 0 atom stereocenters. The molecule has 0 radical (unpaired) electrons. The summed E-state index contributed by atoms with van der Waals surface area (Å²) in [6, 6.07) is 5.94. The summed E-state index contributed by atoms with van der Waals surface area (Å²) in [5.74, 6) is -0.285. The van der Waals surface area contributed by atoms with Gasteiger partial charge >= 0.3 is 0 Å². The second kappa shape index (κ2) is 7.70. The second-order valence-electron chi connectivity index (χ2n) is 6.56. The van der Waals surface area contributed by atoms with Crippen molar-refractivity contribution < 1.29 is 9.60 Å². The predicted octanol–water partition coefficient (Wildman–Crippen LogP) is 3.14. The van der Waals surface area contributed by atoms with E-state index >= 15 is 0 Å². The minimum Gasteiger partial charge on any atom is -0.354 e. The van der Waals surface area contributed by atoms with Gasteiger partial charge in [0.2, 0.25) is 5.95 Å². The van der Waals surface area contributed by atoms with Crippen molar-refractivity contribution in [2.45, 2.75) is 18.9 Å². The molecule has 1 aromatic carbocycles. The van der Waals surface area contributed by atoms with Crippen LogP contribution in [0.3, 0.4) is 0 Å². The summed E-state index contributed by atoms with van der Waals surface area (Å²) < 4.78 is 13.4. The first-order chi connectivity index (χ1) is 13.5. The molecule has 8 nitrogen and oxygen atoms in total. The molecule has 2 heterocycles. The van der Waals surface area contributed by atoms with Crippen LogP contribution in [0.2, 0.25) is 5.02 Å². The van der Waals surface area contributed by atoms with Crippen molar-refractivity contribution >= 4 is 40.2 Å². The van der Waals surface area contributed by atoms with Gasteiger partial charge in [0.1, 0.15) is 5.82 Å². The van der Waals surface area contributed by atoms with Gasteiger partial charge in [-0.3, -0.25) is 10.6 Å². The monoisotopic (exact) mass is 403 g/mol. The lowest BCUT2D eigenvalue weighted by atomic mass is 10.2. The van der Waals surface area contributed by atoms with Gasteiger partial charge in [0.05, 0.1) is 16.2 Å². The van der Waals surface area contributed by atoms with Crippen molar-refractivity contribution in [3.8, 4) is 0 Å². The molecule has 5 N–H and O–H groups in total. The Labute approximate surface area is 165 Å². The van der Waals surface area contributed by atoms with Crippen LogP contribution >= 0.6 is 11.6 Å². The number of nitrogens with one attached hydrogen (secondary N) is 4. The Hall–Kier alpha value is -2.75. The van der Waals surface area contributed by atoms with Gasteiger partial charge in [0.25, 0.3) is 0 Å². The molecule has 0 bridgehead atoms. The summed E-state index contributed by atoms with van der Waals surface area (Å²) in [5, 5.41) is 25.8. The van der Waals surface area contributed by atoms with Gasteiger partial charge in [0, 0.05) is 30.9 Å². The topological polar surface area (TPSA) is 113 Å². The number of hydrogen-bond acceptors (Lipinski definition) is 6. The molecule has 0 spiro atoms. The first-order valence-electron chi connectivity index (χ1n) is 8.88. The number of aromatic nitrogens is 3. The maximum absolute atomic E-state index is 13.4. The normalized spacial score (nSPS) is 13.7. The average Bonchev–Trinajstić information content (AvgIpc) is 3.42. The molecule has 0 amide bonds. The molecule has 1 saturated carbocycles. The Morgan fingerprint density at radius 2 is 2.18 bits per heavy atom. The largest absolute Gasteiger partial charge is 0.354 e. The Balaban J connectivity index is 1.53. The van der Waals surface area contributed by atoms with Crippen LogP contribution in [0, 0.1) is 11.2 Å². The number of H-pyrrole nitrogens is 1. The van der Waals surface area contributed by atoms with Crippen LogP contribution in [0.5, 0.6) is 0 Å². The molecule has 1 aliphatic rings. The lowest BCUT2D eigenvalue weighted by Crippen LogP contribution is -2.27. The average molecular weight is 404 g/mol. The van der Waals surface area contributed by atoms with Crippen LogP contribution in [0.25, 0.3) is 11.2 Å². The second-order valence-corrected chi connectivity index (χ2v) is 6.96. The molecule has 1 fully saturated rings. The maximum atomic E-state index is 13.4. The van der Waals surface area contributed by atoms with E-state index in [1.54, 1.807) is 6.07 Å². The van der Waals surface area contributed by atoms with Gasteiger partial charge in [-0.25, -0.2) is 14.4 Å². The van der Waals surface area contributed by atoms with E-state index in [2.05, 4.69) is 25.6 Å². The molecule has 146 valence electrons. The zero-order chi connectivity index (χ0) is 19.7. The number of fused-ring (bicyclic) bond motifs is 1. The van der Waals surface area contributed by atoms with Crippen molar-refractivity contribution in [2.75, 3.05) is 23.5 Å². The molecule has 2 aromatic heterocycles.